The molecule has 8 nitrogen and oxygen atoms in total. The van der Waals surface area contributed by atoms with Crippen LogP contribution in [0.1, 0.15) is 61.1 Å². The Morgan fingerprint density at radius 3 is 1.93 bits per heavy atom. The van der Waals surface area contributed by atoms with E-state index in [2.05, 4.69) is 51.9 Å². The number of nitrogens with zero attached hydrogens (tertiary/aromatic N) is 1. The van der Waals surface area contributed by atoms with Gasteiger partial charge in [0.2, 0.25) is 5.91 Å². The van der Waals surface area contributed by atoms with Crippen molar-refractivity contribution in [1.82, 2.24) is 15.5 Å². The average Bonchev–Trinajstić information content (AvgIpc) is 3.61. The normalized spacial score (nSPS) is 19.0. The maximum Gasteiger partial charge on any atom is 0.408 e. The molecular formula is C34H37N3O5. The molecule has 3 aliphatic rings. The second-order valence-corrected chi connectivity index (χ2v) is 11.8. The number of carbonyl (C=O) groups excluding carboxylic acids is 2. The van der Waals surface area contributed by atoms with Gasteiger partial charge in [0.05, 0.1) is 0 Å². The van der Waals surface area contributed by atoms with Gasteiger partial charge >= 0.3 is 12.1 Å². The summed E-state index contributed by atoms with van der Waals surface area (Å²) in [5.41, 5.74) is 3.12. The van der Waals surface area contributed by atoms with Crippen LogP contribution >= 0.6 is 0 Å². The summed E-state index contributed by atoms with van der Waals surface area (Å²) in [6.07, 6.45) is 2.35. The molecule has 8 heteroatoms. The van der Waals surface area contributed by atoms with Crippen molar-refractivity contribution in [3.8, 4) is 11.1 Å². The second-order valence-electron chi connectivity index (χ2n) is 11.8. The van der Waals surface area contributed by atoms with Crippen molar-refractivity contribution in [3.63, 3.8) is 0 Å². The van der Waals surface area contributed by atoms with Gasteiger partial charge < -0.3 is 20.5 Å². The lowest BCUT2D eigenvalue weighted by Crippen LogP contribution is -2.66. The smallest absolute Gasteiger partial charge is 0.408 e. The first-order chi connectivity index (χ1) is 20.4. The summed E-state index contributed by atoms with van der Waals surface area (Å²) in [5.74, 6) is -1.57. The Balaban J connectivity index is 1.10. The second kappa shape index (κ2) is 11.6. The van der Waals surface area contributed by atoms with Crippen LogP contribution in [-0.2, 0) is 20.9 Å². The van der Waals surface area contributed by atoms with Crippen LogP contribution in [0.15, 0.2) is 78.9 Å². The summed E-state index contributed by atoms with van der Waals surface area (Å²) >= 11 is 0. The number of alkyl carbamates (subject to hydrolysis) is 1. The number of nitrogens with one attached hydrogen (secondary N) is 2. The van der Waals surface area contributed by atoms with Gasteiger partial charge in [-0.25, -0.2) is 9.59 Å². The number of hydrogen-bond donors (Lipinski definition) is 3. The Kier molecular flexibility index (Phi) is 7.73. The van der Waals surface area contributed by atoms with Crippen molar-refractivity contribution < 1.29 is 24.2 Å². The average molecular weight is 568 g/mol. The van der Waals surface area contributed by atoms with Crippen LogP contribution in [-0.4, -0.2) is 58.8 Å². The molecule has 3 aromatic carbocycles. The highest BCUT2D eigenvalue weighted by Gasteiger charge is 2.49. The van der Waals surface area contributed by atoms with Gasteiger partial charge in [0.15, 0.2) is 0 Å². The molecule has 1 heterocycles. The van der Waals surface area contributed by atoms with E-state index in [0.29, 0.717) is 38.8 Å². The lowest BCUT2D eigenvalue weighted by atomic mass is 9.85. The highest BCUT2D eigenvalue weighted by atomic mass is 16.5. The molecule has 0 aromatic heterocycles. The van der Waals surface area contributed by atoms with Crippen LogP contribution in [0.3, 0.4) is 0 Å². The van der Waals surface area contributed by atoms with Crippen LogP contribution in [0, 0.1) is 0 Å². The Labute approximate surface area is 246 Å². The van der Waals surface area contributed by atoms with Crippen molar-refractivity contribution in [1.29, 1.82) is 0 Å². The molecule has 0 unspecified atom stereocenters. The molecule has 2 fully saturated rings. The zero-order chi connectivity index (χ0) is 29.2. The predicted octanol–water partition coefficient (Wildman–Crippen LogP) is 5.07. The van der Waals surface area contributed by atoms with Crippen molar-refractivity contribution in [2.45, 2.75) is 62.1 Å². The number of aliphatic carboxylic acids is 1. The lowest BCUT2D eigenvalue weighted by molar-refractivity contribution is -0.151. The molecule has 2 aliphatic carbocycles. The van der Waals surface area contributed by atoms with E-state index in [4.69, 9.17) is 4.74 Å². The van der Waals surface area contributed by atoms with Crippen LogP contribution in [0.5, 0.6) is 0 Å². The predicted molar refractivity (Wildman–Crippen MR) is 159 cm³/mol. The van der Waals surface area contributed by atoms with Crippen molar-refractivity contribution in [3.05, 3.63) is 95.6 Å². The fraction of sp³-hybridized carbons (Fsp3) is 0.382. The summed E-state index contributed by atoms with van der Waals surface area (Å²) < 4.78 is 5.76. The molecule has 2 amide bonds. The molecule has 1 aliphatic heterocycles. The SMILES string of the molecule is O=C(NC1(C(=O)NC2(C(=O)O)CCN(Cc3ccccc3)CC2)CCCC1)OCC1c2ccccc2-c2ccccc21. The van der Waals surface area contributed by atoms with Gasteiger partial charge in [-0.3, -0.25) is 9.69 Å². The van der Waals surface area contributed by atoms with Crippen LogP contribution in [0.2, 0.25) is 0 Å². The number of fused-ring (bicyclic) bond motifs is 3. The third-order valence-corrected chi connectivity index (χ3v) is 9.30. The van der Waals surface area contributed by atoms with E-state index in [0.717, 1.165) is 41.6 Å². The number of piperidine rings is 1. The van der Waals surface area contributed by atoms with E-state index in [1.54, 1.807) is 0 Å². The highest BCUT2D eigenvalue weighted by Crippen LogP contribution is 2.44. The number of rotatable bonds is 8. The fourth-order valence-electron chi connectivity index (χ4n) is 6.88. The van der Waals surface area contributed by atoms with Gasteiger partial charge in [0.25, 0.3) is 0 Å². The molecule has 0 spiro atoms. The quantitative estimate of drug-likeness (QED) is 0.351. The van der Waals surface area contributed by atoms with E-state index >= 15 is 0 Å². The molecule has 3 N–H and O–H groups in total. The van der Waals surface area contributed by atoms with Crippen LogP contribution < -0.4 is 10.6 Å². The van der Waals surface area contributed by atoms with E-state index in [-0.39, 0.29) is 12.5 Å². The molecule has 1 saturated heterocycles. The number of ether oxygens (including phenoxy) is 1. The van der Waals surface area contributed by atoms with Crippen molar-refractivity contribution >= 4 is 18.0 Å². The van der Waals surface area contributed by atoms with Gasteiger partial charge in [0.1, 0.15) is 17.7 Å². The molecule has 0 atom stereocenters. The zero-order valence-corrected chi connectivity index (χ0v) is 23.7. The highest BCUT2D eigenvalue weighted by molar-refractivity contribution is 5.94. The number of carbonyl (C=O) groups is 3. The monoisotopic (exact) mass is 567 g/mol. The van der Waals surface area contributed by atoms with E-state index in [9.17, 15) is 19.5 Å². The zero-order valence-electron chi connectivity index (χ0n) is 23.7. The summed E-state index contributed by atoms with van der Waals surface area (Å²) in [6, 6.07) is 26.3. The molecule has 42 heavy (non-hydrogen) atoms. The van der Waals surface area contributed by atoms with Crippen LogP contribution in [0.4, 0.5) is 4.79 Å². The summed E-state index contributed by atoms with van der Waals surface area (Å²) in [4.78, 5) is 41.7. The van der Waals surface area contributed by atoms with Crippen LogP contribution in [0.25, 0.3) is 11.1 Å². The molecule has 0 radical (unpaired) electrons. The van der Waals surface area contributed by atoms with E-state index in [1.165, 1.54) is 5.56 Å². The van der Waals surface area contributed by atoms with Crippen molar-refractivity contribution in [2.24, 2.45) is 0 Å². The first-order valence-corrected chi connectivity index (χ1v) is 14.8. The summed E-state index contributed by atoms with van der Waals surface area (Å²) in [5, 5.41) is 16.0. The molecule has 218 valence electrons. The first-order valence-electron chi connectivity index (χ1n) is 14.8. The van der Waals surface area contributed by atoms with E-state index < -0.39 is 29.0 Å². The number of carboxylic acid groups (broad SMARTS) is 1. The summed E-state index contributed by atoms with van der Waals surface area (Å²) in [6.45, 7) is 1.98. The van der Waals surface area contributed by atoms with Gasteiger partial charge in [-0.2, -0.15) is 0 Å². The number of carboxylic acids is 1. The molecule has 3 aromatic rings. The number of hydrogen-bond acceptors (Lipinski definition) is 5. The van der Waals surface area contributed by atoms with Gasteiger partial charge in [0, 0.05) is 25.6 Å². The molecular weight excluding hydrogens is 530 g/mol. The minimum absolute atomic E-state index is 0.0899. The first kappa shape index (κ1) is 28.0. The third kappa shape index (κ3) is 5.39. The number of likely N-dealkylation sites (tertiary alicyclic amines) is 1. The van der Waals surface area contributed by atoms with Gasteiger partial charge in [-0.05, 0) is 53.5 Å². The summed E-state index contributed by atoms with van der Waals surface area (Å²) in [7, 11) is 0. The number of amides is 2. The number of benzene rings is 3. The third-order valence-electron chi connectivity index (χ3n) is 9.30. The maximum absolute atomic E-state index is 13.8. The Hall–Kier alpha value is -4.17. The Bertz CT molecular complexity index is 1410. The largest absolute Gasteiger partial charge is 0.480 e. The standard InChI is InChI=1S/C34H37N3O5/c38-30(35-34(31(39)40)18-20-37(21-19-34)22-24-10-2-1-3-11-24)33(16-8-9-17-33)36-32(41)42-23-29-27-14-6-4-12-25(27)26-13-5-7-15-28(26)29/h1-7,10-15,29H,8-9,16-23H2,(H,35,38)(H,36,41)(H,39,40). The lowest BCUT2D eigenvalue weighted by Gasteiger charge is -2.41. The minimum atomic E-state index is -1.37. The molecule has 1 saturated carbocycles. The van der Waals surface area contributed by atoms with E-state index in [1.807, 2.05) is 42.5 Å². The fourth-order valence-corrected chi connectivity index (χ4v) is 6.88. The Morgan fingerprint density at radius 1 is 0.762 bits per heavy atom. The maximum atomic E-state index is 13.8. The van der Waals surface area contributed by atoms with Gasteiger partial charge in [-0.15, -0.1) is 0 Å². The topological polar surface area (TPSA) is 108 Å². The minimum Gasteiger partial charge on any atom is -0.480 e. The molecule has 6 rings (SSSR count). The molecule has 0 bridgehead atoms. The van der Waals surface area contributed by atoms with Gasteiger partial charge in [-0.1, -0.05) is 91.7 Å². The Morgan fingerprint density at radius 2 is 1.33 bits per heavy atom. The van der Waals surface area contributed by atoms with Crippen molar-refractivity contribution in [2.75, 3.05) is 19.7 Å².